The Labute approximate surface area is 121 Å². The third-order valence-corrected chi connectivity index (χ3v) is 6.20. The Morgan fingerprint density at radius 3 is 2.58 bits per heavy atom. The van der Waals surface area contributed by atoms with Gasteiger partial charge in [-0.2, -0.15) is 22.1 Å². The van der Waals surface area contributed by atoms with Gasteiger partial charge < -0.3 is 0 Å². The molecule has 0 amide bonds. The van der Waals surface area contributed by atoms with E-state index in [-0.39, 0.29) is 6.04 Å². The molecule has 19 heavy (non-hydrogen) atoms. The largest absolute Gasteiger partial charge is 0.282 e. The fourth-order valence-corrected chi connectivity index (χ4v) is 4.78. The zero-order valence-electron chi connectivity index (χ0n) is 10.6. The van der Waals surface area contributed by atoms with E-state index < -0.39 is 10.2 Å². The molecule has 0 aliphatic carbocycles. The molecule has 2 aliphatic heterocycles. The van der Waals surface area contributed by atoms with Gasteiger partial charge in [0.25, 0.3) is 10.2 Å². The van der Waals surface area contributed by atoms with E-state index in [2.05, 4.69) is 21.0 Å². The van der Waals surface area contributed by atoms with Crippen LogP contribution in [-0.4, -0.2) is 53.0 Å². The van der Waals surface area contributed by atoms with E-state index in [1.807, 2.05) is 10.9 Å². The third-order valence-electron chi connectivity index (χ3n) is 3.79. The maximum Gasteiger partial charge on any atom is 0.282 e. The van der Waals surface area contributed by atoms with Crippen molar-refractivity contribution in [3.63, 3.8) is 0 Å². The highest BCUT2D eigenvalue weighted by Crippen LogP contribution is 2.27. The maximum absolute atomic E-state index is 12.4. The topological polar surface area (TPSA) is 58.4 Å². The van der Waals surface area contributed by atoms with Gasteiger partial charge >= 0.3 is 0 Å². The molecule has 106 valence electrons. The lowest BCUT2D eigenvalue weighted by atomic mass is 10.3. The quantitative estimate of drug-likeness (QED) is 0.825. The van der Waals surface area contributed by atoms with Gasteiger partial charge in [-0.05, 0) is 35.2 Å². The summed E-state index contributed by atoms with van der Waals surface area (Å²) in [6.45, 7) is 2.43. The normalized spacial score (nSPS) is 26.3. The SMILES string of the molecule is O=S(=O)(N1CCCC1)N1CCC(n2cc(Br)cn2)C1. The van der Waals surface area contributed by atoms with E-state index >= 15 is 0 Å². The molecule has 3 heterocycles. The molecule has 6 nitrogen and oxygen atoms in total. The van der Waals surface area contributed by atoms with Gasteiger partial charge in [0.1, 0.15) is 0 Å². The van der Waals surface area contributed by atoms with E-state index in [1.54, 1.807) is 14.8 Å². The zero-order chi connectivity index (χ0) is 13.5. The molecule has 0 saturated carbocycles. The molecule has 0 N–H and O–H groups in total. The highest BCUT2D eigenvalue weighted by atomic mass is 79.9. The Hall–Kier alpha value is -0.440. The van der Waals surface area contributed by atoms with Crippen molar-refractivity contribution in [1.82, 2.24) is 18.4 Å². The van der Waals surface area contributed by atoms with Crippen LogP contribution in [0.4, 0.5) is 0 Å². The second-order valence-corrected chi connectivity index (χ2v) is 7.90. The lowest BCUT2D eigenvalue weighted by molar-refractivity contribution is 0.383. The van der Waals surface area contributed by atoms with Gasteiger partial charge in [0.2, 0.25) is 0 Å². The molecule has 2 saturated heterocycles. The van der Waals surface area contributed by atoms with Crippen molar-refractivity contribution in [1.29, 1.82) is 0 Å². The van der Waals surface area contributed by atoms with Crippen LogP contribution in [0.1, 0.15) is 25.3 Å². The maximum atomic E-state index is 12.4. The van der Waals surface area contributed by atoms with Crippen LogP contribution >= 0.6 is 15.9 Å². The molecule has 1 aromatic heterocycles. The minimum atomic E-state index is -3.26. The predicted octanol–water partition coefficient (Wildman–Crippen LogP) is 1.23. The summed E-state index contributed by atoms with van der Waals surface area (Å²) >= 11 is 3.36. The van der Waals surface area contributed by atoms with E-state index in [0.717, 1.165) is 23.7 Å². The molecule has 0 aromatic carbocycles. The van der Waals surface area contributed by atoms with Crippen LogP contribution in [0, 0.1) is 0 Å². The average Bonchev–Trinajstić information content (AvgIpc) is 3.10. The van der Waals surface area contributed by atoms with Crippen molar-refractivity contribution in [2.45, 2.75) is 25.3 Å². The van der Waals surface area contributed by atoms with Crippen molar-refractivity contribution in [2.75, 3.05) is 26.2 Å². The van der Waals surface area contributed by atoms with E-state index in [1.165, 1.54) is 0 Å². The molecule has 2 aliphatic rings. The molecule has 0 spiro atoms. The summed E-state index contributed by atoms with van der Waals surface area (Å²) in [4.78, 5) is 0. The van der Waals surface area contributed by atoms with Crippen LogP contribution in [0.15, 0.2) is 16.9 Å². The minimum absolute atomic E-state index is 0.142. The second kappa shape index (κ2) is 5.16. The van der Waals surface area contributed by atoms with Crippen LogP contribution < -0.4 is 0 Å². The van der Waals surface area contributed by atoms with Crippen molar-refractivity contribution in [3.8, 4) is 0 Å². The molecule has 0 bridgehead atoms. The number of halogens is 1. The summed E-state index contributed by atoms with van der Waals surface area (Å²) in [5.74, 6) is 0. The highest BCUT2D eigenvalue weighted by molar-refractivity contribution is 9.10. The Morgan fingerprint density at radius 2 is 1.95 bits per heavy atom. The molecular formula is C11H17BrN4O2S. The van der Waals surface area contributed by atoms with Gasteiger partial charge in [0.05, 0.1) is 16.7 Å². The molecule has 8 heteroatoms. The Bertz CT molecular complexity index is 553. The first-order chi connectivity index (χ1) is 9.07. The van der Waals surface area contributed by atoms with Crippen LogP contribution in [0.5, 0.6) is 0 Å². The van der Waals surface area contributed by atoms with Crippen molar-refractivity contribution >= 4 is 26.1 Å². The predicted molar refractivity (Wildman–Crippen MR) is 74.9 cm³/mol. The van der Waals surface area contributed by atoms with Crippen LogP contribution in [-0.2, 0) is 10.2 Å². The second-order valence-electron chi connectivity index (χ2n) is 5.05. The fraction of sp³-hybridized carbons (Fsp3) is 0.727. The lowest BCUT2D eigenvalue weighted by Crippen LogP contribution is -2.41. The van der Waals surface area contributed by atoms with E-state index in [0.29, 0.717) is 26.2 Å². The van der Waals surface area contributed by atoms with Gasteiger partial charge in [-0.1, -0.05) is 0 Å². The van der Waals surface area contributed by atoms with Gasteiger partial charge in [0, 0.05) is 32.4 Å². The van der Waals surface area contributed by atoms with Gasteiger partial charge in [0.15, 0.2) is 0 Å². The Balaban J connectivity index is 1.71. The van der Waals surface area contributed by atoms with Gasteiger partial charge in [-0.3, -0.25) is 4.68 Å². The van der Waals surface area contributed by atoms with Gasteiger partial charge in [-0.25, -0.2) is 0 Å². The molecule has 3 rings (SSSR count). The number of aromatic nitrogens is 2. The average molecular weight is 349 g/mol. The first kappa shape index (κ1) is 13.5. The molecule has 1 aromatic rings. The minimum Gasteiger partial charge on any atom is -0.267 e. The summed E-state index contributed by atoms with van der Waals surface area (Å²) in [5, 5.41) is 4.25. The lowest BCUT2D eigenvalue weighted by Gasteiger charge is -2.23. The molecular weight excluding hydrogens is 332 g/mol. The van der Waals surface area contributed by atoms with Crippen molar-refractivity contribution in [3.05, 3.63) is 16.9 Å². The summed E-state index contributed by atoms with van der Waals surface area (Å²) in [6, 6.07) is 0.142. The zero-order valence-corrected chi connectivity index (χ0v) is 13.0. The number of hydrogen-bond acceptors (Lipinski definition) is 3. The fourth-order valence-electron chi connectivity index (χ4n) is 2.73. The standard InChI is InChI=1S/C11H17BrN4O2S/c12-10-7-13-16(8-10)11-3-6-15(9-11)19(17,18)14-4-1-2-5-14/h7-8,11H,1-6,9H2. The molecule has 1 atom stereocenters. The molecule has 1 unspecified atom stereocenters. The monoisotopic (exact) mass is 348 g/mol. The Kier molecular flexibility index (Phi) is 3.67. The molecule has 2 fully saturated rings. The van der Waals surface area contributed by atoms with Crippen molar-refractivity contribution < 1.29 is 8.42 Å². The highest BCUT2D eigenvalue weighted by Gasteiger charge is 2.37. The van der Waals surface area contributed by atoms with E-state index in [4.69, 9.17) is 0 Å². The van der Waals surface area contributed by atoms with Gasteiger partial charge in [-0.15, -0.1) is 0 Å². The van der Waals surface area contributed by atoms with E-state index in [9.17, 15) is 8.42 Å². The van der Waals surface area contributed by atoms with Crippen LogP contribution in [0.3, 0.4) is 0 Å². The van der Waals surface area contributed by atoms with Crippen LogP contribution in [0.25, 0.3) is 0 Å². The number of nitrogens with zero attached hydrogens (tertiary/aromatic N) is 4. The summed E-state index contributed by atoms with van der Waals surface area (Å²) in [7, 11) is -3.26. The van der Waals surface area contributed by atoms with Crippen LogP contribution in [0.2, 0.25) is 0 Å². The molecule has 0 radical (unpaired) electrons. The summed E-state index contributed by atoms with van der Waals surface area (Å²) < 4.78 is 30.8. The first-order valence-electron chi connectivity index (χ1n) is 6.52. The smallest absolute Gasteiger partial charge is 0.267 e. The number of rotatable bonds is 3. The third kappa shape index (κ3) is 2.58. The first-order valence-corrected chi connectivity index (χ1v) is 8.71. The summed E-state index contributed by atoms with van der Waals surface area (Å²) in [5.41, 5.74) is 0. The number of hydrogen-bond donors (Lipinski definition) is 0. The Morgan fingerprint density at radius 1 is 1.21 bits per heavy atom. The van der Waals surface area contributed by atoms with Crippen molar-refractivity contribution in [2.24, 2.45) is 0 Å². The summed E-state index contributed by atoms with van der Waals surface area (Å²) in [6.07, 6.45) is 6.40.